The highest BCUT2D eigenvalue weighted by molar-refractivity contribution is 5.67. The lowest BCUT2D eigenvalue weighted by Crippen LogP contribution is -1.98. The van der Waals surface area contributed by atoms with Crippen LogP contribution in [0.4, 0.5) is 21.6 Å². The Morgan fingerprint density at radius 3 is 2.82 bits per heavy atom. The molecule has 1 aromatic heterocycles. The van der Waals surface area contributed by atoms with Crippen molar-refractivity contribution in [3.8, 4) is 0 Å². The van der Waals surface area contributed by atoms with E-state index in [1.54, 1.807) is 6.07 Å². The van der Waals surface area contributed by atoms with Gasteiger partial charge in [0, 0.05) is 0 Å². The molecule has 0 unspecified atom stereocenters. The van der Waals surface area contributed by atoms with E-state index in [2.05, 4.69) is 15.5 Å². The second-order valence-corrected chi connectivity index (χ2v) is 3.41. The number of H-pyrrole nitrogens is 1. The van der Waals surface area contributed by atoms with Crippen LogP contribution in [0.1, 0.15) is 5.69 Å². The molecule has 6 nitrogen and oxygen atoms in total. The van der Waals surface area contributed by atoms with Gasteiger partial charge in [-0.2, -0.15) is 0 Å². The lowest BCUT2D eigenvalue weighted by atomic mass is 10.3. The van der Waals surface area contributed by atoms with Gasteiger partial charge in [-0.3, -0.25) is 15.2 Å². The third-order valence-corrected chi connectivity index (χ3v) is 2.22. The smallest absolute Gasteiger partial charge is 0.331 e. The molecule has 2 rings (SSSR count). The van der Waals surface area contributed by atoms with Crippen molar-refractivity contribution in [3.63, 3.8) is 0 Å². The normalized spacial score (nSPS) is 10.2. The predicted molar refractivity (Wildman–Crippen MR) is 59.7 cm³/mol. The summed E-state index contributed by atoms with van der Waals surface area (Å²) in [4.78, 5) is 10.2. The van der Waals surface area contributed by atoms with Crippen molar-refractivity contribution in [3.05, 3.63) is 45.9 Å². The second kappa shape index (κ2) is 4.20. The molecule has 0 aliphatic rings. The highest BCUT2D eigenvalue weighted by atomic mass is 19.1. The Labute approximate surface area is 95.6 Å². The molecule has 0 amide bonds. The fourth-order valence-corrected chi connectivity index (χ4v) is 1.42. The van der Waals surface area contributed by atoms with Crippen LogP contribution in [0, 0.1) is 22.9 Å². The Balaban J connectivity index is 2.37. The number of aryl methyl sites for hydroxylation is 1. The molecule has 88 valence electrons. The number of para-hydroxylation sites is 1. The SMILES string of the molecule is Cc1[nH]nc(Nc2ccccc2F)c1[N+](=O)[O-]. The molecule has 17 heavy (non-hydrogen) atoms. The van der Waals surface area contributed by atoms with Crippen molar-refractivity contribution in [1.29, 1.82) is 0 Å². The third kappa shape index (κ3) is 2.07. The number of anilines is 2. The number of benzene rings is 1. The van der Waals surface area contributed by atoms with E-state index >= 15 is 0 Å². The van der Waals surface area contributed by atoms with Crippen LogP contribution >= 0.6 is 0 Å². The summed E-state index contributed by atoms with van der Waals surface area (Å²) in [5.74, 6) is -0.500. The van der Waals surface area contributed by atoms with Crippen molar-refractivity contribution in [2.24, 2.45) is 0 Å². The third-order valence-electron chi connectivity index (χ3n) is 2.22. The largest absolute Gasteiger partial charge is 0.333 e. The van der Waals surface area contributed by atoms with Crippen LogP contribution in [0.2, 0.25) is 0 Å². The maximum Gasteiger partial charge on any atom is 0.333 e. The number of halogens is 1. The molecule has 0 radical (unpaired) electrons. The predicted octanol–water partition coefficient (Wildman–Crippen LogP) is 2.51. The molecule has 0 fully saturated rings. The van der Waals surface area contributed by atoms with Gasteiger partial charge in [-0.05, 0) is 19.1 Å². The maximum absolute atomic E-state index is 13.3. The highest BCUT2D eigenvalue weighted by Gasteiger charge is 2.22. The van der Waals surface area contributed by atoms with Gasteiger partial charge in [0.05, 0.1) is 10.6 Å². The van der Waals surface area contributed by atoms with Crippen molar-refractivity contribution in [2.75, 3.05) is 5.32 Å². The van der Waals surface area contributed by atoms with E-state index in [4.69, 9.17) is 0 Å². The van der Waals surface area contributed by atoms with Crippen LogP contribution in [0.15, 0.2) is 24.3 Å². The van der Waals surface area contributed by atoms with Crippen molar-refractivity contribution in [2.45, 2.75) is 6.92 Å². The Bertz CT molecular complexity index is 567. The molecule has 2 N–H and O–H groups in total. The molecular formula is C10H9FN4O2. The molecule has 0 bridgehead atoms. The lowest BCUT2D eigenvalue weighted by Gasteiger charge is -2.03. The monoisotopic (exact) mass is 236 g/mol. The van der Waals surface area contributed by atoms with Gasteiger partial charge in [-0.1, -0.05) is 12.1 Å². The summed E-state index contributed by atoms with van der Waals surface area (Å²) in [7, 11) is 0. The number of nitrogens with one attached hydrogen (secondary N) is 2. The minimum Gasteiger partial charge on any atom is -0.331 e. The zero-order valence-corrected chi connectivity index (χ0v) is 8.90. The number of nitro groups is 1. The quantitative estimate of drug-likeness (QED) is 0.633. The van der Waals surface area contributed by atoms with Gasteiger partial charge in [0.1, 0.15) is 11.5 Å². The zero-order chi connectivity index (χ0) is 12.4. The van der Waals surface area contributed by atoms with E-state index in [0.717, 1.165) is 0 Å². The Morgan fingerprint density at radius 2 is 2.18 bits per heavy atom. The van der Waals surface area contributed by atoms with Crippen LogP contribution in [0.5, 0.6) is 0 Å². The van der Waals surface area contributed by atoms with E-state index in [1.807, 2.05) is 0 Å². The Kier molecular flexibility index (Phi) is 2.73. The molecule has 2 aromatic rings. The topological polar surface area (TPSA) is 83.8 Å². The summed E-state index contributed by atoms with van der Waals surface area (Å²) in [6, 6.07) is 5.89. The van der Waals surface area contributed by atoms with Crippen LogP contribution in [0.3, 0.4) is 0 Å². The summed E-state index contributed by atoms with van der Waals surface area (Å²) in [5, 5.41) is 19.6. The summed E-state index contributed by atoms with van der Waals surface area (Å²) < 4.78 is 13.3. The standard InChI is InChI=1S/C10H9FN4O2/c1-6-9(15(16)17)10(14-13-6)12-8-5-3-2-4-7(8)11/h2-5H,1H3,(H2,12,13,14). The number of hydrogen-bond acceptors (Lipinski definition) is 4. The van der Waals surface area contributed by atoms with Gasteiger partial charge in [-0.15, -0.1) is 5.10 Å². The molecule has 0 saturated carbocycles. The minimum absolute atomic E-state index is 0.00222. The average Bonchev–Trinajstić information content (AvgIpc) is 2.63. The molecule has 0 aliphatic heterocycles. The van der Waals surface area contributed by atoms with E-state index in [9.17, 15) is 14.5 Å². The zero-order valence-electron chi connectivity index (χ0n) is 8.90. The molecule has 0 saturated heterocycles. The van der Waals surface area contributed by atoms with Crippen molar-refractivity contribution in [1.82, 2.24) is 10.2 Å². The fourth-order valence-electron chi connectivity index (χ4n) is 1.42. The first-order valence-electron chi connectivity index (χ1n) is 4.80. The van der Waals surface area contributed by atoms with Gasteiger partial charge in [-0.25, -0.2) is 4.39 Å². The first-order valence-corrected chi connectivity index (χ1v) is 4.80. The number of aromatic nitrogens is 2. The second-order valence-electron chi connectivity index (χ2n) is 3.41. The van der Waals surface area contributed by atoms with Gasteiger partial charge < -0.3 is 5.32 Å². The van der Waals surface area contributed by atoms with Crippen LogP contribution in [-0.4, -0.2) is 15.1 Å². The van der Waals surface area contributed by atoms with E-state index < -0.39 is 10.7 Å². The first kappa shape index (κ1) is 11.1. The molecule has 0 atom stereocenters. The summed E-state index contributed by atoms with van der Waals surface area (Å²) in [6.07, 6.45) is 0. The molecule has 7 heteroatoms. The van der Waals surface area contributed by atoms with Crippen LogP contribution in [0.25, 0.3) is 0 Å². The summed E-state index contributed by atoms with van der Waals surface area (Å²) in [6.45, 7) is 1.53. The summed E-state index contributed by atoms with van der Waals surface area (Å²) in [5.41, 5.74) is 0.268. The van der Waals surface area contributed by atoms with Crippen molar-refractivity contribution >= 4 is 17.2 Å². The Morgan fingerprint density at radius 1 is 1.47 bits per heavy atom. The lowest BCUT2D eigenvalue weighted by molar-refractivity contribution is -0.384. The van der Waals surface area contributed by atoms with Crippen LogP contribution in [-0.2, 0) is 0 Å². The van der Waals surface area contributed by atoms with Crippen molar-refractivity contribution < 1.29 is 9.31 Å². The summed E-state index contributed by atoms with van der Waals surface area (Å²) >= 11 is 0. The number of rotatable bonds is 3. The van der Waals surface area contributed by atoms with E-state index in [1.165, 1.54) is 25.1 Å². The molecular weight excluding hydrogens is 227 g/mol. The number of aromatic amines is 1. The van der Waals surface area contributed by atoms with E-state index in [0.29, 0.717) is 5.69 Å². The molecule has 0 spiro atoms. The Hall–Kier alpha value is -2.44. The number of nitrogens with zero attached hydrogens (tertiary/aromatic N) is 2. The first-order chi connectivity index (χ1) is 8.09. The number of hydrogen-bond donors (Lipinski definition) is 2. The maximum atomic E-state index is 13.3. The molecule has 1 aromatic carbocycles. The van der Waals surface area contributed by atoms with E-state index in [-0.39, 0.29) is 17.2 Å². The molecule has 1 heterocycles. The van der Waals surface area contributed by atoms with Gasteiger partial charge in [0.25, 0.3) is 0 Å². The van der Waals surface area contributed by atoms with Gasteiger partial charge in [0.15, 0.2) is 0 Å². The average molecular weight is 236 g/mol. The van der Waals surface area contributed by atoms with Crippen LogP contribution < -0.4 is 5.32 Å². The molecule has 0 aliphatic carbocycles. The highest BCUT2D eigenvalue weighted by Crippen LogP contribution is 2.28. The fraction of sp³-hybridized carbons (Fsp3) is 0.100. The van der Waals surface area contributed by atoms with Gasteiger partial charge >= 0.3 is 5.69 Å². The van der Waals surface area contributed by atoms with Gasteiger partial charge in [0.2, 0.25) is 5.82 Å². The minimum atomic E-state index is -0.567.